The number of hydrogen-bond donors (Lipinski definition) is 1. The lowest BCUT2D eigenvalue weighted by molar-refractivity contribution is 0.0993. The van der Waals surface area contributed by atoms with E-state index in [4.69, 9.17) is 5.73 Å². The van der Waals surface area contributed by atoms with Crippen LogP contribution in [0.5, 0.6) is 0 Å². The summed E-state index contributed by atoms with van der Waals surface area (Å²) in [6.07, 6.45) is 3.22. The summed E-state index contributed by atoms with van der Waals surface area (Å²) in [6.45, 7) is 1.93. The van der Waals surface area contributed by atoms with Crippen molar-refractivity contribution in [2.75, 3.05) is 0 Å². The van der Waals surface area contributed by atoms with Crippen molar-refractivity contribution in [1.82, 2.24) is 24.1 Å². The van der Waals surface area contributed by atoms with Crippen molar-refractivity contribution in [3.05, 3.63) is 48.0 Å². The molecule has 114 valence electrons. The summed E-state index contributed by atoms with van der Waals surface area (Å²) in [5, 5.41) is 4.52. The van der Waals surface area contributed by atoms with Crippen LogP contribution in [-0.4, -0.2) is 30.1 Å². The van der Waals surface area contributed by atoms with Gasteiger partial charge in [0, 0.05) is 12.6 Å². The second kappa shape index (κ2) is 4.64. The van der Waals surface area contributed by atoms with E-state index in [2.05, 4.69) is 15.1 Å². The first kappa shape index (κ1) is 13.4. The van der Waals surface area contributed by atoms with Gasteiger partial charge in [-0.2, -0.15) is 5.10 Å². The fourth-order valence-electron chi connectivity index (χ4n) is 2.73. The van der Waals surface area contributed by atoms with E-state index in [1.54, 1.807) is 6.33 Å². The molecule has 3 aromatic heterocycles. The summed E-state index contributed by atoms with van der Waals surface area (Å²) in [4.78, 5) is 20.1. The quantitative estimate of drug-likeness (QED) is 0.610. The third kappa shape index (κ3) is 1.97. The number of amides is 1. The van der Waals surface area contributed by atoms with Crippen molar-refractivity contribution in [1.29, 1.82) is 0 Å². The maximum Gasteiger partial charge on any atom is 0.269 e. The van der Waals surface area contributed by atoms with Crippen LogP contribution in [0.4, 0.5) is 0 Å². The molecule has 0 atom stereocenters. The molecule has 3 heterocycles. The van der Waals surface area contributed by atoms with E-state index in [0.29, 0.717) is 5.65 Å². The lowest BCUT2D eigenvalue weighted by Gasteiger charge is -2.06. The minimum Gasteiger partial charge on any atom is -0.364 e. The average Bonchev–Trinajstić information content (AvgIpc) is 3.11. The Morgan fingerprint density at radius 3 is 2.83 bits per heavy atom. The van der Waals surface area contributed by atoms with Crippen LogP contribution in [0.3, 0.4) is 0 Å². The third-order valence-electron chi connectivity index (χ3n) is 3.93. The number of carbonyl (C=O) groups is 1. The molecule has 0 saturated heterocycles. The number of aryl methyl sites for hydroxylation is 2. The predicted octanol–water partition coefficient (Wildman–Crippen LogP) is 1.69. The van der Waals surface area contributed by atoms with E-state index in [1.165, 1.54) is 10.7 Å². The molecule has 2 N–H and O–H groups in total. The lowest BCUT2D eigenvalue weighted by Crippen LogP contribution is -2.15. The smallest absolute Gasteiger partial charge is 0.269 e. The van der Waals surface area contributed by atoms with Crippen molar-refractivity contribution >= 4 is 22.6 Å². The SMILES string of the molecule is Cc1cc(-c2ccc3c(c2)ncn3C)nn2c(C(N)=O)cnc12. The molecule has 1 aromatic carbocycles. The molecule has 4 aromatic rings. The van der Waals surface area contributed by atoms with E-state index >= 15 is 0 Å². The average molecular weight is 306 g/mol. The molecule has 0 spiro atoms. The zero-order valence-corrected chi connectivity index (χ0v) is 12.7. The highest BCUT2D eigenvalue weighted by Crippen LogP contribution is 2.24. The van der Waals surface area contributed by atoms with Crippen molar-refractivity contribution in [3.63, 3.8) is 0 Å². The number of benzene rings is 1. The van der Waals surface area contributed by atoms with Crippen LogP contribution in [0.25, 0.3) is 27.9 Å². The van der Waals surface area contributed by atoms with Gasteiger partial charge in [-0.25, -0.2) is 14.5 Å². The Kier molecular flexibility index (Phi) is 2.71. The summed E-state index contributed by atoms with van der Waals surface area (Å²) in [5.41, 5.74) is 10.8. The number of nitrogens with two attached hydrogens (primary N) is 1. The summed E-state index contributed by atoms with van der Waals surface area (Å²) < 4.78 is 3.46. The second-order valence-corrected chi connectivity index (χ2v) is 5.51. The Hall–Kier alpha value is -3.22. The van der Waals surface area contributed by atoms with E-state index in [9.17, 15) is 4.79 Å². The maximum absolute atomic E-state index is 11.5. The van der Waals surface area contributed by atoms with E-state index in [0.717, 1.165) is 27.9 Å². The zero-order chi connectivity index (χ0) is 16.1. The molecule has 0 aliphatic heterocycles. The van der Waals surface area contributed by atoms with E-state index in [1.807, 2.05) is 42.8 Å². The topological polar surface area (TPSA) is 91.1 Å². The van der Waals surface area contributed by atoms with Gasteiger partial charge in [-0.3, -0.25) is 4.79 Å². The highest BCUT2D eigenvalue weighted by molar-refractivity contribution is 5.92. The van der Waals surface area contributed by atoms with Gasteiger partial charge in [-0.15, -0.1) is 0 Å². The molecule has 0 unspecified atom stereocenters. The second-order valence-electron chi connectivity index (χ2n) is 5.51. The fraction of sp³-hybridized carbons (Fsp3) is 0.125. The van der Waals surface area contributed by atoms with Gasteiger partial charge >= 0.3 is 0 Å². The Balaban J connectivity index is 1.96. The Labute approximate surface area is 131 Å². The molecular formula is C16H14N6O. The first-order valence-electron chi connectivity index (χ1n) is 7.11. The van der Waals surface area contributed by atoms with Gasteiger partial charge in [0.15, 0.2) is 5.65 Å². The lowest BCUT2D eigenvalue weighted by atomic mass is 10.1. The van der Waals surface area contributed by atoms with E-state index < -0.39 is 5.91 Å². The van der Waals surface area contributed by atoms with Crippen molar-refractivity contribution < 1.29 is 4.79 Å². The molecule has 0 bridgehead atoms. The van der Waals surface area contributed by atoms with Crippen molar-refractivity contribution in [2.24, 2.45) is 12.8 Å². The monoisotopic (exact) mass is 306 g/mol. The molecule has 0 aliphatic carbocycles. The number of aromatic nitrogens is 5. The molecule has 1 amide bonds. The normalized spacial score (nSPS) is 11.4. The van der Waals surface area contributed by atoms with Gasteiger partial charge < -0.3 is 10.3 Å². The first-order chi connectivity index (χ1) is 11.0. The number of rotatable bonds is 2. The summed E-state index contributed by atoms with van der Waals surface area (Å²) in [5.74, 6) is -0.554. The van der Waals surface area contributed by atoms with Gasteiger partial charge in [0.1, 0.15) is 5.69 Å². The minimum atomic E-state index is -0.554. The number of hydrogen-bond acceptors (Lipinski definition) is 4. The highest BCUT2D eigenvalue weighted by Gasteiger charge is 2.14. The summed E-state index contributed by atoms with van der Waals surface area (Å²) >= 11 is 0. The van der Waals surface area contributed by atoms with Crippen LogP contribution in [0.1, 0.15) is 16.1 Å². The Bertz CT molecular complexity index is 1080. The standard InChI is InChI=1S/C16H14N6O/c1-9-5-11(20-22-14(15(17)23)7-18-16(9)22)10-3-4-13-12(6-10)19-8-21(13)2/h3-8H,1-2H3,(H2,17,23). The molecule has 4 rings (SSSR count). The molecule has 0 saturated carbocycles. The first-order valence-corrected chi connectivity index (χ1v) is 7.11. The number of carbonyl (C=O) groups excluding carboxylic acids is 1. The van der Waals surface area contributed by atoms with Crippen molar-refractivity contribution in [2.45, 2.75) is 6.92 Å². The Morgan fingerprint density at radius 1 is 1.22 bits per heavy atom. The summed E-state index contributed by atoms with van der Waals surface area (Å²) in [7, 11) is 1.95. The van der Waals surface area contributed by atoms with Crippen LogP contribution >= 0.6 is 0 Å². The number of fused-ring (bicyclic) bond motifs is 2. The van der Waals surface area contributed by atoms with Gasteiger partial charge in [-0.05, 0) is 30.7 Å². The molecule has 0 aliphatic rings. The third-order valence-corrected chi connectivity index (χ3v) is 3.93. The number of imidazole rings is 2. The molecule has 0 fully saturated rings. The van der Waals surface area contributed by atoms with Gasteiger partial charge in [0.2, 0.25) is 0 Å². The highest BCUT2D eigenvalue weighted by atomic mass is 16.1. The number of primary amides is 1. The van der Waals surface area contributed by atoms with E-state index in [-0.39, 0.29) is 5.69 Å². The number of nitrogens with zero attached hydrogens (tertiary/aromatic N) is 5. The molecular weight excluding hydrogens is 292 g/mol. The van der Waals surface area contributed by atoms with Crippen LogP contribution < -0.4 is 5.73 Å². The van der Waals surface area contributed by atoms with Gasteiger partial charge in [-0.1, -0.05) is 6.07 Å². The van der Waals surface area contributed by atoms with Crippen LogP contribution in [0, 0.1) is 6.92 Å². The van der Waals surface area contributed by atoms with Crippen LogP contribution in [-0.2, 0) is 7.05 Å². The van der Waals surface area contributed by atoms with Gasteiger partial charge in [0.25, 0.3) is 5.91 Å². The molecule has 7 heteroatoms. The predicted molar refractivity (Wildman–Crippen MR) is 85.9 cm³/mol. The van der Waals surface area contributed by atoms with Crippen molar-refractivity contribution in [3.8, 4) is 11.3 Å². The fourth-order valence-corrected chi connectivity index (χ4v) is 2.73. The molecule has 0 radical (unpaired) electrons. The minimum absolute atomic E-state index is 0.267. The molecule has 23 heavy (non-hydrogen) atoms. The maximum atomic E-state index is 11.5. The largest absolute Gasteiger partial charge is 0.364 e. The summed E-state index contributed by atoms with van der Waals surface area (Å²) in [6, 6.07) is 7.90. The van der Waals surface area contributed by atoms with Crippen LogP contribution in [0.2, 0.25) is 0 Å². The zero-order valence-electron chi connectivity index (χ0n) is 12.7. The van der Waals surface area contributed by atoms with Crippen LogP contribution in [0.15, 0.2) is 36.8 Å². The Morgan fingerprint density at radius 2 is 2.04 bits per heavy atom. The molecule has 7 nitrogen and oxygen atoms in total. The van der Waals surface area contributed by atoms with Gasteiger partial charge in [0.05, 0.1) is 29.3 Å².